The van der Waals surface area contributed by atoms with E-state index in [1.807, 2.05) is 27.7 Å². The van der Waals surface area contributed by atoms with Crippen molar-refractivity contribution in [3.8, 4) is 5.75 Å². The maximum Gasteiger partial charge on any atom is 0.410 e. The van der Waals surface area contributed by atoms with Crippen molar-refractivity contribution < 1.29 is 19.1 Å². The largest absolute Gasteiger partial charge is 0.489 e. The molecule has 1 aromatic rings. The van der Waals surface area contributed by atoms with E-state index in [-0.39, 0.29) is 18.0 Å². The molecule has 24 heavy (non-hydrogen) atoms. The molecule has 1 aliphatic heterocycles. The van der Waals surface area contributed by atoms with Gasteiger partial charge < -0.3 is 19.7 Å². The van der Waals surface area contributed by atoms with E-state index in [0.717, 1.165) is 12.1 Å². The van der Waals surface area contributed by atoms with Gasteiger partial charge in [0, 0.05) is 19.5 Å². The first-order valence-corrected chi connectivity index (χ1v) is 8.02. The van der Waals surface area contributed by atoms with Gasteiger partial charge >= 0.3 is 6.09 Å². The number of likely N-dealkylation sites (tertiary alicyclic amines) is 1. The van der Waals surface area contributed by atoms with Gasteiger partial charge in [-0.25, -0.2) is 4.79 Å². The second-order valence-corrected chi connectivity index (χ2v) is 6.92. The zero-order valence-electron chi connectivity index (χ0n) is 14.9. The van der Waals surface area contributed by atoms with Gasteiger partial charge in [-0.1, -0.05) is 0 Å². The van der Waals surface area contributed by atoms with E-state index in [1.165, 1.54) is 6.92 Å². The maximum absolute atomic E-state index is 12.1. The molecule has 0 bridgehead atoms. The minimum atomic E-state index is -0.509. The highest BCUT2D eigenvalue weighted by atomic mass is 16.6. The summed E-state index contributed by atoms with van der Waals surface area (Å²) in [5.41, 5.74) is 0.804. The zero-order valence-corrected chi connectivity index (χ0v) is 14.9. The molecule has 0 unspecified atom stereocenters. The van der Waals surface area contributed by atoms with Crippen LogP contribution in [-0.2, 0) is 9.53 Å². The molecule has 0 saturated carbocycles. The first kappa shape index (κ1) is 18.0. The van der Waals surface area contributed by atoms with Crippen molar-refractivity contribution in [3.63, 3.8) is 0 Å². The Hall–Kier alpha value is -2.31. The number of anilines is 1. The summed E-state index contributed by atoms with van der Waals surface area (Å²) in [6, 6.07) is 1.73. The molecule has 0 radical (unpaired) electrons. The molecule has 132 valence electrons. The van der Waals surface area contributed by atoms with Crippen molar-refractivity contribution in [2.75, 3.05) is 18.5 Å². The number of nitrogens with zero attached hydrogens (tertiary/aromatic N) is 2. The Balaban J connectivity index is 1.93. The van der Waals surface area contributed by atoms with E-state index in [1.54, 1.807) is 17.2 Å². The van der Waals surface area contributed by atoms with Gasteiger partial charge in [0.25, 0.3) is 0 Å². The Morgan fingerprint density at radius 1 is 1.42 bits per heavy atom. The molecule has 2 rings (SSSR count). The van der Waals surface area contributed by atoms with Gasteiger partial charge in [-0.3, -0.25) is 9.78 Å². The molecule has 1 aliphatic rings. The Labute approximate surface area is 142 Å². The van der Waals surface area contributed by atoms with Crippen LogP contribution in [0.5, 0.6) is 5.75 Å². The normalized spacial score (nSPS) is 17.0. The zero-order chi connectivity index (χ0) is 17.9. The molecule has 2 amide bonds. The van der Waals surface area contributed by atoms with Crippen molar-refractivity contribution >= 4 is 17.7 Å². The average Bonchev–Trinajstić information content (AvgIpc) is 2.38. The smallest absolute Gasteiger partial charge is 0.410 e. The van der Waals surface area contributed by atoms with Crippen LogP contribution >= 0.6 is 0 Å². The fourth-order valence-electron chi connectivity index (χ4n) is 2.29. The van der Waals surface area contributed by atoms with Crippen LogP contribution in [0.1, 0.15) is 39.8 Å². The van der Waals surface area contributed by atoms with E-state index in [9.17, 15) is 9.59 Å². The lowest BCUT2D eigenvalue weighted by Gasteiger charge is -2.41. The lowest BCUT2D eigenvalue weighted by atomic mass is 10.1. The molecule has 0 aromatic carbocycles. The Bertz CT molecular complexity index is 625. The van der Waals surface area contributed by atoms with E-state index in [4.69, 9.17) is 9.47 Å². The number of carbonyl (C=O) groups excluding carboxylic acids is 2. The molecule has 0 aliphatic carbocycles. The molecule has 7 heteroatoms. The number of hydrogen-bond acceptors (Lipinski definition) is 5. The third-order valence-corrected chi connectivity index (χ3v) is 3.56. The summed E-state index contributed by atoms with van der Waals surface area (Å²) in [7, 11) is 0. The highest BCUT2D eigenvalue weighted by molar-refractivity contribution is 5.88. The standard InChI is InChI=1S/C17H25N3O4/c1-11-15(8-13(9-18-11)19-12(2)21)23-10-14-6-7-20(14)16(22)24-17(3,4)5/h8-9,14H,6-7,10H2,1-5H3,(H,19,21)/t14-/m0/s1. The predicted octanol–water partition coefficient (Wildman–Crippen LogP) is 2.74. The number of nitrogens with one attached hydrogen (secondary N) is 1. The quantitative estimate of drug-likeness (QED) is 0.915. The van der Waals surface area contributed by atoms with Gasteiger partial charge in [0.15, 0.2) is 0 Å². The number of rotatable bonds is 4. The van der Waals surface area contributed by atoms with Gasteiger partial charge in [-0.05, 0) is 34.1 Å². The van der Waals surface area contributed by atoms with Gasteiger partial charge in [0.05, 0.1) is 23.6 Å². The van der Waals surface area contributed by atoms with E-state index >= 15 is 0 Å². The van der Waals surface area contributed by atoms with Crippen molar-refractivity contribution in [2.45, 2.75) is 52.7 Å². The predicted molar refractivity (Wildman–Crippen MR) is 90.1 cm³/mol. The van der Waals surface area contributed by atoms with E-state index in [0.29, 0.717) is 24.6 Å². The Morgan fingerprint density at radius 3 is 2.67 bits per heavy atom. The van der Waals surface area contributed by atoms with Gasteiger partial charge in [0.1, 0.15) is 18.0 Å². The molecule has 2 heterocycles. The van der Waals surface area contributed by atoms with E-state index in [2.05, 4.69) is 10.3 Å². The fraction of sp³-hybridized carbons (Fsp3) is 0.588. The summed E-state index contributed by atoms with van der Waals surface area (Å²) in [5.74, 6) is 0.430. The summed E-state index contributed by atoms with van der Waals surface area (Å²) in [6.07, 6.45) is 2.14. The molecule has 1 fully saturated rings. The highest BCUT2D eigenvalue weighted by Crippen LogP contribution is 2.25. The third kappa shape index (κ3) is 4.84. The minimum absolute atomic E-state index is 0.0105. The minimum Gasteiger partial charge on any atom is -0.489 e. The third-order valence-electron chi connectivity index (χ3n) is 3.56. The molecule has 0 spiro atoms. The number of aromatic nitrogens is 1. The van der Waals surface area contributed by atoms with Gasteiger partial charge in [-0.2, -0.15) is 0 Å². The number of aryl methyl sites for hydroxylation is 1. The van der Waals surface area contributed by atoms with Crippen LogP contribution in [0, 0.1) is 6.92 Å². The lowest BCUT2D eigenvalue weighted by Crippen LogP contribution is -2.55. The van der Waals surface area contributed by atoms with Crippen LogP contribution < -0.4 is 10.1 Å². The highest BCUT2D eigenvalue weighted by Gasteiger charge is 2.35. The van der Waals surface area contributed by atoms with Crippen molar-refractivity contribution in [3.05, 3.63) is 18.0 Å². The maximum atomic E-state index is 12.1. The van der Waals surface area contributed by atoms with E-state index < -0.39 is 5.60 Å². The van der Waals surface area contributed by atoms with Crippen molar-refractivity contribution in [1.82, 2.24) is 9.88 Å². The number of amides is 2. The van der Waals surface area contributed by atoms with Gasteiger partial charge in [0.2, 0.25) is 5.91 Å². The summed E-state index contributed by atoms with van der Waals surface area (Å²) in [4.78, 5) is 29.1. The van der Waals surface area contributed by atoms with Crippen molar-refractivity contribution in [2.24, 2.45) is 0 Å². The van der Waals surface area contributed by atoms with Crippen LogP contribution in [-0.4, -0.2) is 46.7 Å². The first-order chi connectivity index (χ1) is 11.2. The average molecular weight is 335 g/mol. The monoisotopic (exact) mass is 335 g/mol. The Morgan fingerprint density at radius 2 is 2.12 bits per heavy atom. The number of carbonyl (C=O) groups is 2. The molecule has 1 atom stereocenters. The summed E-state index contributed by atoms with van der Waals surface area (Å²) in [6.45, 7) is 9.85. The lowest BCUT2D eigenvalue weighted by molar-refractivity contribution is -0.114. The molecular formula is C17H25N3O4. The first-order valence-electron chi connectivity index (χ1n) is 8.02. The van der Waals surface area contributed by atoms with Crippen molar-refractivity contribution in [1.29, 1.82) is 0 Å². The van der Waals surface area contributed by atoms with Crippen LogP contribution in [0.2, 0.25) is 0 Å². The Kier molecular flexibility index (Phi) is 5.31. The SMILES string of the molecule is CC(=O)Nc1cnc(C)c(OC[C@@H]2CCN2C(=O)OC(C)(C)C)c1. The molecule has 1 saturated heterocycles. The number of ether oxygens (including phenoxy) is 2. The molecule has 7 nitrogen and oxygen atoms in total. The van der Waals surface area contributed by atoms with Crippen LogP contribution in [0.25, 0.3) is 0 Å². The number of pyridine rings is 1. The molecular weight excluding hydrogens is 310 g/mol. The second-order valence-electron chi connectivity index (χ2n) is 6.92. The van der Waals surface area contributed by atoms with Crippen LogP contribution in [0.15, 0.2) is 12.3 Å². The van der Waals surface area contributed by atoms with Crippen LogP contribution in [0.4, 0.5) is 10.5 Å². The summed E-state index contributed by atoms with van der Waals surface area (Å²) < 4.78 is 11.2. The summed E-state index contributed by atoms with van der Waals surface area (Å²) >= 11 is 0. The second kappa shape index (κ2) is 7.07. The summed E-state index contributed by atoms with van der Waals surface area (Å²) in [5, 5.41) is 2.67. The van der Waals surface area contributed by atoms with Gasteiger partial charge in [-0.15, -0.1) is 0 Å². The van der Waals surface area contributed by atoms with Crippen LogP contribution in [0.3, 0.4) is 0 Å². The fourth-order valence-corrected chi connectivity index (χ4v) is 2.29. The number of hydrogen-bond donors (Lipinski definition) is 1. The molecule has 1 N–H and O–H groups in total. The molecule has 1 aromatic heterocycles. The topological polar surface area (TPSA) is 80.8 Å².